The molecule has 6 heteroatoms. The topological polar surface area (TPSA) is 38.8 Å². The molecule has 1 aliphatic heterocycles. The quantitative estimate of drug-likeness (QED) is 0.814. The van der Waals surface area contributed by atoms with Crippen molar-refractivity contribution in [1.82, 2.24) is 4.90 Å². The minimum Gasteiger partial charge on any atom is -0.488 e. The van der Waals surface area contributed by atoms with Crippen molar-refractivity contribution in [1.29, 1.82) is 0 Å². The number of carbonyl (C=O) groups is 1. The Bertz CT molecular complexity index is 545. The van der Waals surface area contributed by atoms with E-state index in [1.807, 2.05) is 20.8 Å². The molecule has 2 rings (SSSR count). The van der Waals surface area contributed by atoms with Crippen LogP contribution in [0.25, 0.3) is 0 Å². The maximum absolute atomic E-state index is 13.4. The second-order valence-corrected chi connectivity index (χ2v) is 6.79. The number of hydrogen-bond donors (Lipinski definition) is 0. The molecule has 1 aromatic carbocycles. The number of carbonyl (C=O) groups excluding carboxylic acids is 1. The summed E-state index contributed by atoms with van der Waals surface area (Å²) in [5.74, 6) is -0.100. The van der Waals surface area contributed by atoms with Crippen LogP contribution in [-0.4, -0.2) is 35.8 Å². The molecule has 4 nitrogen and oxygen atoms in total. The molecule has 1 aliphatic rings. The minimum atomic E-state index is -0.524. The summed E-state index contributed by atoms with van der Waals surface area (Å²) in [6.45, 7) is 6.57. The van der Waals surface area contributed by atoms with Gasteiger partial charge in [-0.1, -0.05) is 11.6 Å². The summed E-state index contributed by atoms with van der Waals surface area (Å²) in [7, 11) is 0. The number of amides is 1. The molecule has 1 heterocycles. The van der Waals surface area contributed by atoms with Gasteiger partial charge in [-0.05, 0) is 45.7 Å². The van der Waals surface area contributed by atoms with Crippen LogP contribution in [0.2, 0.25) is 5.02 Å². The predicted molar refractivity (Wildman–Crippen MR) is 82.9 cm³/mol. The number of benzene rings is 1. The van der Waals surface area contributed by atoms with Gasteiger partial charge in [0.15, 0.2) is 0 Å². The fraction of sp³-hybridized carbons (Fsp3) is 0.562. The van der Waals surface area contributed by atoms with Crippen molar-refractivity contribution < 1.29 is 18.7 Å². The van der Waals surface area contributed by atoms with E-state index in [9.17, 15) is 9.18 Å². The fourth-order valence-electron chi connectivity index (χ4n) is 2.27. The Morgan fingerprint density at radius 3 is 2.77 bits per heavy atom. The first-order chi connectivity index (χ1) is 10.2. The summed E-state index contributed by atoms with van der Waals surface area (Å²) in [5, 5.41) is 0.0615. The van der Waals surface area contributed by atoms with Gasteiger partial charge in [-0.3, -0.25) is 0 Å². The van der Waals surface area contributed by atoms with Crippen LogP contribution < -0.4 is 4.74 Å². The molecule has 1 unspecified atom stereocenters. The molecule has 1 aromatic rings. The summed E-state index contributed by atoms with van der Waals surface area (Å²) in [5.41, 5.74) is -0.524. The van der Waals surface area contributed by atoms with E-state index in [2.05, 4.69) is 0 Å². The van der Waals surface area contributed by atoms with Gasteiger partial charge in [-0.2, -0.15) is 0 Å². The third-order valence-electron chi connectivity index (χ3n) is 3.22. The molecule has 1 amide bonds. The van der Waals surface area contributed by atoms with Crippen molar-refractivity contribution in [3.05, 3.63) is 29.0 Å². The molecule has 1 saturated heterocycles. The van der Waals surface area contributed by atoms with Gasteiger partial charge in [0.05, 0.1) is 11.6 Å². The molecule has 1 atom stereocenters. The van der Waals surface area contributed by atoms with Crippen LogP contribution in [0.3, 0.4) is 0 Å². The van der Waals surface area contributed by atoms with Gasteiger partial charge in [0.2, 0.25) is 0 Å². The van der Waals surface area contributed by atoms with Gasteiger partial charge < -0.3 is 14.4 Å². The van der Waals surface area contributed by atoms with Gasteiger partial charge in [0, 0.05) is 12.6 Å². The number of piperidine rings is 1. The van der Waals surface area contributed by atoms with Crippen molar-refractivity contribution in [2.45, 2.75) is 45.3 Å². The lowest BCUT2D eigenvalue weighted by Crippen LogP contribution is -2.46. The zero-order chi connectivity index (χ0) is 16.3. The van der Waals surface area contributed by atoms with Crippen LogP contribution in [-0.2, 0) is 4.74 Å². The van der Waals surface area contributed by atoms with E-state index in [-0.39, 0.29) is 17.2 Å². The van der Waals surface area contributed by atoms with Crippen molar-refractivity contribution in [2.75, 3.05) is 13.1 Å². The number of ether oxygens (including phenoxy) is 2. The zero-order valence-corrected chi connectivity index (χ0v) is 13.8. The number of halogens is 2. The van der Waals surface area contributed by atoms with Gasteiger partial charge in [-0.15, -0.1) is 0 Å². The zero-order valence-electron chi connectivity index (χ0n) is 13.1. The normalized spacial score (nSPS) is 19.0. The Labute approximate surface area is 135 Å². The van der Waals surface area contributed by atoms with Gasteiger partial charge in [0.1, 0.15) is 23.3 Å². The van der Waals surface area contributed by atoms with Crippen molar-refractivity contribution in [2.24, 2.45) is 0 Å². The number of likely N-dealkylation sites (tertiary alicyclic amines) is 1. The van der Waals surface area contributed by atoms with Crippen LogP contribution >= 0.6 is 11.6 Å². The maximum atomic E-state index is 13.4. The van der Waals surface area contributed by atoms with Gasteiger partial charge in [0.25, 0.3) is 0 Å². The summed E-state index contributed by atoms with van der Waals surface area (Å²) >= 11 is 5.65. The highest BCUT2D eigenvalue weighted by Gasteiger charge is 2.28. The molecular formula is C16H21ClFNO3. The highest BCUT2D eigenvalue weighted by molar-refractivity contribution is 6.30. The van der Waals surface area contributed by atoms with E-state index < -0.39 is 11.4 Å². The molecular weight excluding hydrogens is 309 g/mol. The van der Waals surface area contributed by atoms with Gasteiger partial charge >= 0.3 is 6.09 Å². The Morgan fingerprint density at radius 1 is 1.41 bits per heavy atom. The Kier molecular flexibility index (Phi) is 5.16. The average molecular weight is 330 g/mol. The Morgan fingerprint density at radius 2 is 2.14 bits per heavy atom. The molecule has 0 bridgehead atoms. The number of hydrogen-bond acceptors (Lipinski definition) is 3. The van der Waals surface area contributed by atoms with Crippen LogP contribution in [0.15, 0.2) is 18.2 Å². The Balaban J connectivity index is 1.95. The van der Waals surface area contributed by atoms with E-state index in [1.165, 1.54) is 12.1 Å². The van der Waals surface area contributed by atoms with Crippen molar-refractivity contribution >= 4 is 17.7 Å². The van der Waals surface area contributed by atoms with E-state index in [1.54, 1.807) is 11.0 Å². The van der Waals surface area contributed by atoms with Crippen LogP contribution in [0.1, 0.15) is 33.6 Å². The first kappa shape index (κ1) is 16.9. The number of rotatable bonds is 2. The molecule has 22 heavy (non-hydrogen) atoms. The standard InChI is InChI=1S/C16H21ClFNO3/c1-16(2,3)22-15(20)19-8-4-5-12(10-19)21-11-6-7-13(17)14(18)9-11/h6-7,9,12H,4-5,8,10H2,1-3H3. The molecule has 0 spiro atoms. The van der Waals surface area contributed by atoms with Gasteiger partial charge in [-0.25, -0.2) is 9.18 Å². The highest BCUT2D eigenvalue weighted by Crippen LogP contribution is 2.24. The van der Waals surface area contributed by atoms with Crippen molar-refractivity contribution in [3.8, 4) is 5.75 Å². The average Bonchev–Trinajstić information content (AvgIpc) is 2.41. The van der Waals surface area contributed by atoms with E-state index in [4.69, 9.17) is 21.1 Å². The summed E-state index contributed by atoms with van der Waals surface area (Å²) in [6.07, 6.45) is 1.11. The van der Waals surface area contributed by atoms with E-state index in [0.717, 1.165) is 12.8 Å². The molecule has 1 fully saturated rings. The molecule has 0 N–H and O–H groups in total. The third kappa shape index (κ3) is 4.77. The lowest BCUT2D eigenvalue weighted by molar-refractivity contribution is 0.00772. The summed E-state index contributed by atoms with van der Waals surface area (Å²) in [6, 6.07) is 4.34. The highest BCUT2D eigenvalue weighted by atomic mass is 35.5. The Hall–Kier alpha value is -1.49. The van der Waals surface area contributed by atoms with Crippen LogP contribution in [0.5, 0.6) is 5.75 Å². The van der Waals surface area contributed by atoms with E-state index >= 15 is 0 Å². The second-order valence-electron chi connectivity index (χ2n) is 6.38. The largest absolute Gasteiger partial charge is 0.488 e. The lowest BCUT2D eigenvalue weighted by Gasteiger charge is -2.34. The smallest absolute Gasteiger partial charge is 0.410 e. The third-order valence-corrected chi connectivity index (χ3v) is 3.53. The monoisotopic (exact) mass is 329 g/mol. The summed E-state index contributed by atoms with van der Waals surface area (Å²) < 4.78 is 24.5. The lowest BCUT2D eigenvalue weighted by atomic mass is 10.1. The predicted octanol–water partition coefficient (Wildman–Crippen LogP) is 4.26. The molecule has 0 aromatic heterocycles. The molecule has 122 valence electrons. The SMILES string of the molecule is CC(C)(C)OC(=O)N1CCCC(Oc2ccc(Cl)c(F)c2)C1. The van der Waals surface area contributed by atoms with Crippen LogP contribution in [0.4, 0.5) is 9.18 Å². The maximum Gasteiger partial charge on any atom is 0.410 e. The number of nitrogens with zero attached hydrogens (tertiary/aromatic N) is 1. The first-order valence-corrected chi connectivity index (χ1v) is 7.72. The molecule has 0 saturated carbocycles. The molecule has 0 aliphatic carbocycles. The fourth-order valence-corrected chi connectivity index (χ4v) is 2.39. The first-order valence-electron chi connectivity index (χ1n) is 7.34. The molecule has 0 radical (unpaired) electrons. The van der Waals surface area contributed by atoms with E-state index in [0.29, 0.717) is 18.8 Å². The summed E-state index contributed by atoms with van der Waals surface area (Å²) in [4.78, 5) is 13.7. The van der Waals surface area contributed by atoms with Crippen molar-refractivity contribution in [3.63, 3.8) is 0 Å². The second kappa shape index (κ2) is 6.73. The minimum absolute atomic E-state index is 0.0615. The van der Waals surface area contributed by atoms with Crippen LogP contribution in [0, 0.1) is 5.82 Å².